The molecule has 0 aromatic rings. The summed E-state index contributed by atoms with van der Waals surface area (Å²) in [6, 6.07) is 0. The van der Waals surface area contributed by atoms with E-state index in [0.29, 0.717) is 0 Å². The van der Waals surface area contributed by atoms with Crippen LogP contribution in [0.5, 0.6) is 0 Å². The predicted octanol–water partition coefficient (Wildman–Crippen LogP) is 2.47. The summed E-state index contributed by atoms with van der Waals surface area (Å²) < 4.78 is 0. The lowest BCUT2D eigenvalue weighted by atomic mass is 9.86. The van der Waals surface area contributed by atoms with Crippen molar-refractivity contribution in [3.05, 3.63) is 0 Å². The van der Waals surface area contributed by atoms with Gasteiger partial charge in [0.2, 0.25) is 0 Å². The number of carbonyl (C=O) groups excluding carboxylic acids is 1. The SMILES string of the molecule is CC(C)(C)N(C(C)(C)C)C(C)(C)C([NH])=O. The third-order valence-corrected chi connectivity index (χ3v) is 2.46. The van der Waals surface area contributed by atoms with Gasteiger partial charge in [0.25, 0.3) is 5.91 Å². The number of carbonyl (C=O) groups is 1. The first kappa shape index (κ1) is 14.4. The smallest absolute Gasteiger partial charge is 0.258 e. The van der Waals surface area contributed by atoms with Crippen molar-refractivity contribution in [1.82, 2.24) is 10.6 Å². The number of hydrogen-bond donors (Lipinski definition) is 0. The van der Waals surface area contributed by atoms with Crippen LogP contribution in [0.2, 0.25) is 0 Å². The Hall–Kier alpha value is -0.570. The molecule has 0 bridgehead atoms. The summed E-state index contributed by atoms with van der Waals surface area (Å²) in [7, 11) is 0. The molecule has 3 heteroatoms. The summed E-state index contributed by atoms with van der Waals surface area (Å²) in [6.07, 6.45) is 0. The van der Waals surface area contributed by atoms with Gasteiger partial charge in [0.1, 0.15) is 0 Å². The number of nitrogens with zero attached hydrogens (tertiary/aromatic N) is 1. The Labute approximate surface area is 94.0 Å². The van der Waals surface area contributed by atoms with Gasteiger partial charge in [0, 0.05) is 11.1 Å². The third kappa shape index (κ3) is 3.20. The number of nitrogens with one attached hydrogen (secondary N) is 1. The standard InChI is InChI=1S/C12H25N2O/c1-10(2,3)14(11(4,5)6)12(7,8)9(13)15/h13H,1-8H3. The van der Waals surface area contributed by atoms with E-state index in [0.717, 1.165) is 0 Å². The van der Waals surface area contributed by atoms with Crippen LogP contribution < -0.4 is 5.73 Å². The molecule has 0 aliphatic carbocycles. The maximum atomic E-state index is 11.4. The van der Waals surface area contributed by atoms with Gasteiger partial charge >= 0.3 is 0 Å². The zero-order chi connectivity index (χ0) is 12.7. The lowest BCUT2D eigenvalue weighted by Gasteiger charge is -2.52. The summed E-state index contributed by atoms with van der Waals surface area (Å²) >= 11 is 0. The van der Waals surface area contributed by atoms with E-state index in [1.165, 1.54) is 0 Å². The normalized spacial score (nSPS) is 14.5. The minimum atomic E-state index is -0.753. The fraction of sp³-hybridized carbons (Fsp3) is 0.917. The summed E-state index contributed by atoms with van der Waals surface area (Å²) in [4.78, 5) is 13.5. The van der Waals surface area contributed by atoms with Gasteiger partial charge in [0.05, 0.1) is 5.54 Å². The van der Waals surface area contributed by atoms with Crippen LogP contribution in [0.15, 0.2) is 0 Å². The predicted molar refractivity (Wildman–Crippen MR) is 63.5 cm³/mol. The van der Waals surface area contributed by atoms with Crippen molar-refractivity contribution in [2.45, 2.75) is 72.0 Å². The fourth-order valence-electron chi connectivity index (χ4n) is 2.78. The molecule has 0 rings (SSSR count). The van der Waals surface area contributed by atoms with Gasteiger partial charge < -0.3 is 0 Å². The van der Waals surface area contributed by atoms with E-state index in [4.69, 9.17) is 5.73 Å². The highest BCUT2D eigenvalue weighted by Crippen LogP contribution is 2.33. The molecule has 0 atom stereocenters. The Kier molecular flexibility index (Phi) is 3.64. The first-order chi connectivity index (χ1) is 6.31. The molecule has 0 unspecified atom stereocenters. The van der Waals surface area contributed by atoms with E-state index in [1.54, 1.807) is 0 Å². The van der Waals surface area contributed by atoms with Crippen molar-refractivity contribution in [3.8, 4) is 0 Å². The van der Waals surface area contributed by atoms with Crippen LogP contribution in [0.4, 0.5) is 0 Å². The van der Waals surface area contributed by atoms with Gasteiger partial charge in [-0.2, -0.15) is 0 Å². The minimum absolute atomic E-state index is 0.140. The zero-order valence-electron chi connectivity index (χ0n) is 11.4. The van der Waals surface area contributed by atoms with Crippen LogP contribution in [0.3, 0.4) is 0 Å². The largest absolute Gasteiger partial charge is 0.280 e. The van der Waals surface area contributed by atoms with Crippen molar-refractivity contribution < 1.29 is 4.79 Å². The van der Waals surface area contributed by atoms with E-state index in [1.807, 2.05) is 13.8 Å². The molecule has 0 spiro atoms. The summed E-state index contributed by atoms with van der Waals surface area (Å²) in [5, 5.41) is 0. The molecule has 15 heavy (non-hydrogen) atoms. The highest BCUT2D eigenvalue weighted by molar-refractivity contribution is 5.83. The number of rotatable bonds is 2. The van der Waals surface area contributed by atoms with E-state index >= 15 is 0 Å². The molecule has 3 nitrogen and oxygen atoms in total. The Morgan fingerprint density at radius 2 is 1.13 bits per heavy atom. The van der Waals surface area contributed by atoms with Gasteiger partial charge in [-0.05, 0) is 55.4 Å². The zero-order valence-corrected chi connectivity index (χ0v) is 11.4. The average molecular weight is 213 g/mol. The van der Waals surface area contributed by atoms with E-state index in [-0.39, 0.29) is 11.1 Å². The lowest BCUT2D eigenvalue weighted by Crippen LogP contribution is -2.65. The molecule has 1 amide bonds. The second-order valence-corrected chi connectivity index (χ2v) is 6.57. The Morgan fingerprint density at radius 1 is 0.867 bits per heavy atom. The molecule has 0 fully saturated rings. The molecule has 0 aliphatic heterocycles. The van der Waals surface area contributed by atoms with E-state index in [2.05, 4.69) is 46.4 Å². The first-order valence-corrected chi connectivity index (χ1v) is 5.37. The molecule has 0 aliphatic rings. The van der Waals surface area contributed by atoms with Crippen LogP contribution in [-0.4, -0.2) is 27.4 Å². The van der Waals surface area contributed by atoms with Gasteiger partial charge in [-0.15, -0.1) is 0 Å². The highest BCUT2D eigenvalue weighted by Gasteiger charge is 2.45. The highest BCUT2D eigenvalue weighted by atomic mass is 16.1. The molecular weight excluding hydrogens is 188 g/mol. The second-order valence-electron chi connectivity index (χ2n) is 6.57. The lowest BCUT2D eigenvalue weighted by molar-refractivity contribution is -0.139. The molecule has 1 radical (unpaired) electrons. The molecule has 0 saturated carbocycles. The average Bonchev–Trinajstić information content (AvgIpc) is 1.76. The van der Waals surface area contributed by atoms with Crippen molar-refractivity contribution in [1.29, 1.82) is 0 Å². The van der Waals surface area contributed by atoms with Crippen molar-refractivity contribution in [2.75, 3.05) is 0 Å². The molecule has 1 N–H and O–H groups in total. The fourth-order valence-corrected chi connectivity index (χ4v) is 2.78. The van der Waals surface area contributed by atoms with Crippen LogP contribution in [0, 0.1) is 0 Å². The maximum Gasteiger partial charge on any atom is 0.258 e. The Bertz CT molecular complexity index is 229. The quantitative estimate of drug-likeness (QED) is 0.707. The van der Waals surface area contributed by atoms with Crippen LogP contribution in [-0.2, 0) is 4.79 Å². The molecule has 0 aromatic heterocycles. The topological polar surface area (TPSA) is 44.1 Å². The molecule has 0 saturated heterocycles. The van der Waals surface area contributed by atoms with Gasteiger partial charge in [-0.3, -0.25) is 15.4 Å². The van der Waals surface area contributed by atoms with Crippen molar-refractivity contribution >= 4 is 5.91 Å². The van der Waals surface area contributed by atoms with Crippen LogP contribution in [0.25, 0.3) is 0 Å². The second kappa shape index (κ2) is 3.78. The minimum Gasteiger partial charge on any atom is -0.280 e. The maximum absolute atomic E-state index is 11.4. The number of hydrogen-bond acceptors (Lipinski definition) is 2. The molecule has 0 aromatic carbocycles. The van der Waals surface area contributed by atoms with Gasteiger partial charge in [-0.25, -0.2) is 0 Å². The van der Waals surface area contributed by atoms with Crippen molar-refractivity contribution in [2.24, 2.45) is 0 Å². The van der Waals surface area contributed by atoms with Gasteiger partial charge in [-0.1, -0.05) is 0 Å². The summed E-state index contributed by atoms with van der Waals surface area (Å²) in [5.41, 5.74) is 6.36. The Morgan fingerprint density at radius 3 is 1.20 bits per heavy atom. The molecular formula is C12H25N2O. The third-order valence-electron chi connectivity index (χ3n) is 2.46. The first-order valence-electron chi connectivity index (χ1n) is 5.37. The van der Waals surface area contributed by atoms with Crippen LogP contribution >= 0.6 is 0 Å². The van der Waals surface area contributed by atoms with Crippen LogP contribution in [0.1, 0.15) is 55.4 Å². The van der Waals surface area contributed by atoms with E-state index in [9.17, 15) is 4.79 Å². The monoisotopic (exact) mass is 213 g/mol. The van der Waals surface area contributed by atoms with E-state index < -0.39 is 11.4 Å². The summed E-state index contributed by atoms with van der Waals surface area (Å²) in [5.74, 6) is -0.535. The number of amides is 1. The summed E-state index contributed by atoms with van der Waals surface area (Å²) in [6.45, 7) is 16.1. The van der Waals surface area contributed by atoms with Gasteiger partial charge in [0.15, 0.2) is 0 Å². The molecule has 89 valence electrons. The molecule has 0 heterocycles. The van der Waals surface area contributed by atoms with Crippen molar-refractivity contribution in [3.63, 3.8) is 0 Å². The Balaban J connectivity index is 5.43.